The third-order valence-corrected chi connectivity index (χ3v) is 6.45. The number of ether oxygens (including phenoxy) is 1. The van der Waals surface area contributed by atoms with Gasteiger partial charge in [0.05, 0.1) is 38.6 Å². The first-order valence-electron chi connectivity index (χ1n) is 10.9. The molecule has 0 bridgehead atoms. The van der Waals surface area contributed by atoms with Gasteiger partial charge in [-0.05, 0) is 0 Å². The van der Waals surface area contributed by atoms with Crippen LogP contribution in [0.25, 0.3) is 11.2 Å². The number of nitriles is 1. The summed E-state index contributed by atoms with van der Waals surface area (Å²) in [5, 5.41) is 20.9. The lowest BCUT2D eigenvalue weighted by molar-refractivity contribution is -0.118. The van der Waals surface area contributed by atoms with Gasteiger partial charge in [0.15, 0.2) is 23.6 Å². The molecule has 0 saturated carbocycles. The second-order valence-electron chi connectivity index (χ2n) is 7.92. The first-order valence-corrected chi connectivity index (χ1v) is 12.3. The van der Waals surface area contributed by atoms with E-state index in [2.05, 4.69) is 26.8 Å². The molecule has 196 valence electrons. The maximum absolute atomic E-state index is 15.6. The van der Waals surface area contributed by atoms with Crippen LogP contribution >= 0.6 is 7.82 Å². The lowest BCUT2D eigenvalue weighted by Crippen LogP contribution is -2.33. The number of anilines is 1. The Morgan fingerprint density at radius 1 is 1.53 bits per heavy atom. The number of alkyl halides is 1. The van der Waals surface area contributed by atoms with E-state index >= 15 is 4.39 Å². The molecule has 0 aliphatic carbocycles. The Bertz CT molecular complexity index is 1240. The van der Waals surface area contributed by atoms with Crippen LogP contribution in [0, 0.1) is 17.2 Å². The Balaban J connectivity index is 1.91. The molecular formula is C20H26FN6O8P. The number of amides is 1. The standard InChI is InChI=1S/C20H26FN6O8P/c1-4-7-32-36(31,33-8-5-6-22)35-15-12(9-28)34-19(13(15)21)27-10-23-14-16(27)24-20(26-18(14)30)25-17(29)11(2)3/h4,10-13,15,19,28H,1,5,7-9H2,2-3H3,(H2,24,25,26,29,30)/t12?,13-,15-,19?,36?/m1/s1. The van der Waals surface area contributed by atoms with E-state index in [1.807, 2.05) is 0 Å². The number of carbonyl (C=O) groups is 1. The zero-order valence-electron chi connectivity index (χ0n) is 19.5. The molecule has 3 unspecified atom stereocenters. The molecule has 2 aromatic rings. The van der Waals surface area contributed by atoms with E-state index in [4.69, 9.17) is 23.6 Å². The summed E-state index contributed by atoms with van der Waals surface area (Å²) in [5.41, 5.74) is -0.955. The Kier molecular flexibility index (Phi) is 9.07. The number of imidazole rings is 1. The van der Waals surface area contributed by atoms with Gasteiger partial charge in [-0.3, -0.25) is 38.0 Å². The number of phosphoric ester groups is 1. The molecule has 3 rings (SSSR count). The van der Waals surface area contributed by atoms with Crippen LogP contribution in [0.1, 0.15) is 26.5 Å². The Morgan fingerprint density at radius 3 is 2.92 bits per heavy atom. The van der Waals surface area contributed by atoms with E-state index in [0.717, 1.165) is 10.9 Å². The minimum Gasteiger partial charge on any atom is -0.394 e. The SMILES string of the molecule is C=CCOP(=O)(OCCC#N)O[C@@H]1C(CO)OC(n2cnc3c(=O)[nH]c(NC(=O)C(C)C)nc32)[C@@H]1F. The van der Waals surface area contributed by atoms with Crippen LogP contribution in [0.5, 0.6) is 0 Å². The third-order valence-electron chi connectivity index (χ3n) is 4.98. The number of hydrogen-bond donors (Lipinski definition) is 3. The Morgan fingerprint density at radius 2 is 2.28 bits per heavy atom. The summed E-state index contributed by atoms with van der Waals surface area (Å²) >= 11 is 0. The molecule has 0 radical (unpaired) electrons. The molecule has 1 amide bonds. The zero-order chi connectivity index (χ0) is 26.5. The first kappa shape index (κ1) is 27.6. The number of H-pyrrole nitrogens is 1. The van der Waals surface area contributed by atoms with Gasteiger partial charge >= 0.3 is 7.82 Å². The summed E-state index contributed by atoms with van der Waals surface area (Å²) in [6.45, 7) is 5.43. The number of carbonyl (C=O) groups excluding carboxylic acids is 1. The van der Waals surface area contributed by atoms with Crippen molar-refractivity contribution in [2.24, 2.45) is 5.92 Å². The number of rotatable bonds is 12. The number of aliphatic hydroxyl groups is 1. The first-order chi connectivity index (χ1) is 17.1. The van der Waals surface area contributed by atoms with Crippen molar-refractivity contribution in [2.75, 3.05) is 25.1 Å². The minimum absolute atomic E-state index is 0.112. The summed E-state index contributed by atoms with van der Waals surface area (Å²) < 4.78 is 50.8. The number of fused-ring (bicyclic) bond motifs is 1. The Hall–Kier alpha value is -2.99. The fraction of sp³-hybridized carbons (Fsp3) is 0.550. The highest BCUT2D eigenvalue weighted by Gasteiger charge is 2.51. The molecule has 2 aromatic heterocycles. The largest absolute Gasteiger partial charge is 0.475 e. The molecule has 36 heavy (non-hydrogen) atoms. The highest BCUT2D eigenvalue weighted by molar-refractivity contribution is 7.48. The van der Waals surface area contributed by atoms with Crippen molar-refractivity contribution in [3.63, 3.8) is 0 Å². The van der Waals surface area contributed by atoms with Crippen molar-refractivity contribution in [3.05, 3.63) is 29.3 Å². The highest BCUT2D eigenvalue weighted by atomic mass is 31.2. The lowest BCUT2D eigenvalue weighted by atomic mass is 10.1. The predicted octanol–water partition coefficient (Wildman–Crippen LogP) is 1.57. The maximum atomic E-state index is 15.6. The van der Waals surface area contributed by atoms with Gasteiger partial charge in [-0.1, -0.05) is 19.9 Å². The molecule has 1 fully saturated rings. The van der Waals surface area contributed by atoms with Crippen LogP contribution in [0.3, 0.4) is 0 Å². The second-order valence-corrected chi connectivity index (χ2v) is 9.54. The van der Waals surface area contributed by atoms with Crippen molar-refractivity contribution in [3.8, 4) is 6.07 Å². The summed E-state index contributed by atoms with van der Waals surface area (Å²) in [5.74, 6) is -0.993. The van der Waals surface area contributed by atoms with Crippen molar-refractivity contribution < 1.29 is 37.2 Å². The zero-order valence-corrected chi connectivity index (χ0v) is 20.4. The Labute approximate surface area is 204 Å². The molecular weight excluding hydrogens is 502 g/mol. The summed E-state index contributed by atoms with van der Waals surface area (Å²) in [7, 11) is -4.39. The predicted molar refractivity (Wildman–Crippen MR) is 122 cm³/mol. The average Bonchev–Trinajstić information content (AvgIpc) is 3.39. The maximum Gasteiger partial charge on any atom is 0.475 e. The molecule has 14 nitrogen and oxygen atoms in total. The highest BCUT2D eigenvalue weighted by Crippen LogP contribution is 2.53. The van der Waals surface area contributed by atoms with Gasteiger partial charge in [0.25, 0.3) is 5.56 Å². The summed E-state index contributed by atoms with van der Waals surface area (Å²) in [4.78, 5) is 34.9. The monoisotopic (exact) mass is 528 g/mol. The van der Waals surface area contributed by atoms with E-state index in [1.54, 1.807) is 19.9 Å². The fourth-order valence-electron chi connectivity index (χ4n) is 3.22. The number of halogens is 1. The molecule has 3 heterocycles. The molecule has 1 aliphatic heterocycles. The molecule has 0 aromatic carbocycles. The molecule has 1 saturated heterocycles. The number of aliphatic hydroxyl groups excluding tert-OH is 1. The van der Waals surface area contributed by atoms with E-state index < -0.39 is 56.4 Å². The van der Waals surface area contributed by atoms with Gasteiger partial charge in [0, 0.05) is 5.92 Å². The van der Waals surface area contributed by atoms with Crippen LogP contribution in [0.2, 0.25) is 0 Å². The van der Waals surface area contributed by atoms with E-state index in [0.29, 0.717) is 0 Å². The van der Waals surface area contributed by atoms with Gasteiger partial charge in [-0.25, -0.2) is 13.9 Å². The summed E-state index contributed by atoms with van der Waals surface area (Å²) in [6.07, 6.45) is -4.27. The van der Waals surface area contributed by atoms with E-state index in [9.17, 15) is 19.3 Å². The topological polar surface area (TPSA) is 191 Å². The number of hydrogen-bond acceptors (Lipinski definition) is 11. The normalized spacial score (nSPS) is 23.4. The minimum atomic E-state index is -4.39. The van der Waals surface area contributed by atoms with Crippen LogP contribution in [0.15, 0.2) is 23.8 Å². The van der Waals surface area contributed by atoms with Crippen molar-refractivity contribution in [2.45, 2.75) is 44.9 Å². The van der Waals surface area contributed by atoms with Crippen LogP contribution in [-0.2, 0) is 27.7 Å². The van der Waals surface area contributed by atoms with Gasteiger partial charge in [0.2, 0.25) is 11.9 Å². The quantitative estimate of drug-likeness (QED) is 0.206. The number of aromatic nitrogens is 4. The number of nitrogens with one attached hydrogen (secondary N) is 2. The van der Waals surface area contributed by atoms with E-state index in [1.165, 1.54) is 6.08 Å². The average molecular weight is 528 g/mol. The smallest absolute Gasteiger partial charge is 0.394 e. The van der Waals surface area contributed by atoms with Crippen molar-refractivity contribution in [1.82, 2.24) is 19.5 Å². The number of nitrogens with zero attached hydrogens (tertiary/aromatic N) is 4. The molecule has 1 aliphatic rings. The molecule has 16 heteroatoms. The number of aromatic amines is 1. The van der Waals surface area contributed by atoms with Crippen molar-refractivity contribution in [1.29, 1.82) is 5.26 Å². The van der Waals surface area contributed by atoms with Crippen LogP contribution in [-0.4, -0.2) is 68.7 Å². The second kappa shape index (κ2) is 11.8. The molecule has 0 spiro atoms. The number of phosphoric acid groups is 1. The van der Waals surface area contributed by atoms with Gasteiger partial charge in [-0.15, -0.1) is 6.58 Å². The van der Waals surface area contributed by atoms with Gasteiger partial charge in [-0.2, -0.15) is 10.2 Å². The molecule has 5 atom stereocenters. The van der Waals surface area contributed by atoms with Crippen molar-refractivity contribution >= 4 is 30.8 Å². The molecule has 3 N–H and O–H groups in total. The summed E-state index contributed by atoms with van der Waals surface area (Å²) in [6, 6.07) is 1.80. The van der Waals surface area contributed by atoms with E-state index in [-0.39, 0.29) is 36.7 Å². The van der Waals surface area contributed by atoms with Crippen LogP contribution < -0.4 is 10.9 Å². The van der Waals surface area contributed by atoms with Gasteiger partial charge in [0.1, 0.15) is 12.2 Å². The van der Waals surface area contributed by atoms with Crippen LogP contribution in [0.4, 0.5) is 10.3 Å². The third kappa shape index (κ3) is 6.04. The van der Waals surface area contributed by atoms with Gasteiger partial charge < -0.3 is 9.84 Å². The lowest BCUT2D eigenvalue weighted by Gasteiger charge is -2.24. The fourth-order valence-corrected chi connectivity index (χ4v) is 4.57.